The Morgan fingerprint density at radius 1 is 1.29 bits per heavy atom. The number of nitrogens with two attached hydrogens (primary N) is 1. The molecule has 0 bridgehead atoms. The van der Waals surface area contributed by atoms with E-state index in [1.54, 1.807) is 4.90 Å². The fraction of sp³-hybridized carbons (Fsp3) is 0.375. The van der Waals surface area contributed by atoms with Crippen molar-refractivity contribution in [2.24, 2.45) is 5.73 Å². The molecule has 0 saturated heterocycles. The van der Waals surface area contributed by atoms with Crippen LogP contribution in [0.3, 0.4) is 0 Å². The Labute approximate surface area is 124 Å². The summed E-state index contributed by atoms with van der Waals surface area (Å²) in [7, 11) is 0. The molecule has 0 saturated carbocycles. The molecule has 21 heavy (non-hydrogen) atoms. The highest BCUT2D eigenvalue weighted by molar-refractivity contribution is 5.93. The Bertz CT molecular complexity index is 566. The molecule has 1 amide bonds. The maximum atomic E-state index is 12.5. The zero-order chi connectivity index (χ0) is 15.1. The van der Waals surface area contributed by atoms with Gasteiger partial charge in [0.05, 0.1) is 0 Å². The first-order chi connectivity index (χ1) is 10.3. The number of nitrogens with zero attached hydrogens (tertiary/aromatic N) is 2. The van der Waals surface area contributed by atoms with Crippen LogP contribution >= 0.6 is 0 Å². The molecule has 112 valence electrons. The first-order valence-electron chi connectivity index (χ1n) is 7.21. The van der Waals surface area contributed by atoms with E-state index in [0.29, 0.717) is 37.5 Å². The molecule has 5 heteroatoms. The van der Waals surface area contributed by atoms with E-state index in [2.05, 4.69) is 17.1 Å². The molecule has 0 spiro atoms. The van der Waals surface area contributed by atoms with Gasteiger partial charge in [0.2, 0.25) is 0 Å². The highest BCUT2D eigenvalue weighted by Crippen LogP contribution is 2.11. The predicted molar refractivity (Wildman–Crippen MR) is 81.0 cm³/mol. The summed E-state index contributed by atoms with van der Waals surface area (Å²) in [5.41, 5.74) is 7.22. The number of amides is 1. The van der Waals surface area contributed by atoms with Gasteiger partial charge in [0.25, 0.3) is 5.91 Å². The summed E-state index contributed by atoms with van der Waals surface area (Å²) in [6, 6.07) is 10.1. The molecule has 0 atom stereocenters. The Morgan fingerprint density at radius 3 is 2.71 bits per heavy atom. The summed E-state index contributed by atoms with van der Waals surface area (Å²) in [5, 5.41) is 0. The van der Waals surface area contributed by atoms with Gasteiger partial charge in [-0.05, 0) is 12.0 Å². The van der Waals surface area contributed by atoms with Crippen LogP contribution in [0.1, 0.15) is 28.7 Å². The first-order valence-corrected chi connectivity index (χ1v) is 7.21. The molecule has 0 unspecified atom stereocenters. The number of oxazole rings is 1. The van der Waals surface area contributed by atoms with Crippen molar-refractivity contribution in [1.29, 1.82) is 0 Å². The molecule has 5 nitrogen and oxygen atoms in total. The lowest BCUT2D eigenvalue weighted by Gasteiger charge is -2.21. The highest BCUT2D eigenvalue weighted by atomic mass is 16.3. The van der Waals surface area contributed by atoms with Crippen molar-refractivity contribution in [3.63, 3.8) is 0 Å². The zero-order valence-corrected chi connectivity index (χ0v) is 12.3. The first kappa shape index (κ1) is 15.3. The third-order valence-corrected chi connectivity index (χ3v) is 3.36. The smallest absolute Gasteiger partial charge is 0.276 e. The van der Waals surface area contributed by atoms with Crippen molar-refractivity contribution in [1.82, 2.24) is 9.88 Å². The van der Waals surface area contributed by atoms with Crippen LogP contribution in [0.15, 0.2) is 41.1 Å². The molecule has 0 fully saturated rings. The minimum absolute atomic E-state index is 0.109. The van der Waals surface area contributed by atoms with E-state index in [1.807, 2.05) is 25.1 Å². The average molecular weight is 287 g/mol. The molecule has 1 aromatic heterocycles. The maximum absolute atomic E-state index is 12.5. The number of benzene rings is 1. The van der Waals surface area contributed by atoms with Crippen molar-refractivity contribution in [3.05, 3.63) is 53.7 Å². The lowest BCUT2D eigenvalue weighted by molar-refractivity contribution is 0.0754. The lowest BCUT2D eigenvalue weighted by Crippen LogP contribution is -2.37. The largest absolute Gasteiger partial charge is 0.448 e. The van der Waals surface area contributed by atoms with E-state index in [-0.39, 0.29) is 5.91 Å². The van der Waals surface area contributed by atoms with Gasteiger partial charge in [0.1, 0.15) is 5.76 Å². The summed E-state index contributed by atoms with van der Waals surface area (Å²) in [6.07, 6.45) is 2.77. The fourth-order valence-electron chi connectivity index (χ4n) is 2.22. The number of carbonyl (C=O) groups is 1. The minimum atomic E-state index is -0.109. The molecule has 0 aliphatic rings. The van der Waals surface area contributed by atoms with E-state index in [0.717, 1.165) is 6.42 Å². The van der Waals surface area contributed by atoms with Gasteiger partial charge in [-0.3, -0.25) is 4.79 Å². The van der Waals surface area contributed by atoms with Gasteiger partial charge in [-0.1, -0.05) is 37.3 Å². The van der Waals surface area contributed by atoms with Gasteiger partial charge >= 0.3 is 0 Å². The number of aromatic nitrogens is 1. The van der Waals surface area contributed by atoms with Crippen LogP contribution in [0.2, 0.25) is 0 Å². The van der Waals surface area contributed by atoms with Crippen LogP contribution in [0.25, 0.3) is 0 Å². The number of aryl methyl sites for hydroxylation is 1. The quantitative estimate of drug-likeness (QED) is 0.844. The standard InChI is InChI=1S/C16H21N3O2/c1-2-14-15(18-12-21-14)16(20)19(11-9-17)10-8-13-6-4-3-5-7-13/h3-7,12H,2,8-11,17H2,1H3. The lowest BCUT2D eigenvalue weighted by atomic mass is 10.1. The summed E-state index contributed by atoms with van der Waals surface area (Å²) in [6.45, 7) is 3.51. The van der Waals surface area contributed by atoms with Gasteiger partial charge < -0.3 is 15.1 Å². The molecule has 0 radical (unpaired) electrons. The van der Waals surface area contributed by atoms with Crippen LogP contribution < -0.4 is 5.73 Å². The molecule has 1 heterocycles. The van der Waals surface area contributed by atoms with Crippen molar-refractivity contribution in [2.45, 2.75) is 19.8 Å². The Balaban J connectivity index is 2.06. The van der Waals surface area contributed by atoms with E-state index in [1.165, 1.54) is 12.0 Å². The molecule has 1 aromatic carbocycles. The summed E-state index contributed by atoms with van der Waals surface area (Å²) in [4.78, 5) is 18.3. The van der Waals surface area contributed by atoms with Gasteiger partial charge in [0.15, 0.2) is 12.1 Å². The summed E-state index contributed by atoms with van der Waals surface area (Å²) >= 11 is 0. The van der Waals surface area contributed by atoms with E-state index in [4.69, 9.17) is 10.2 Å². The second-order valence-corrected chi connectivity index (χ2v) is 4.79. The van der Waals surface area contributed by atoms with Crippen molar-refractivity contribution in [2.75, 3.05) is 19.6 Å². The van der Waals surface area contributed by atoms with Crippen molar-refractivity contribution in [3.8, 4) is 0 Å². The van der Waals surface area contributed by atoms with E-state index in [9.17, 15) is 4.79 Å². The Morgan fingerprint density at radius 2 is 2.05 bits per heavy atom. The molecule has 2 N–H and O–H groups in total. The number of carbonyl (C=O) groups excluding carboxylic acids is 1. The normalized spacial score (nSPS) is 10.6. The summed E-state index contributed by atoms with van der Waals surface area (Å²) in [5.74, 6) is 0.517. The topological polar surface area (TPSA) is 72.4 Å². The predicted octanol–water partition coefficient (Wildman–Crippen LogP) is 1.88. The van der Waals surface area contributed by atoms with Crippen molar-refractivity contribution >= 4 is 5.91 Å². The third-order valence-electron chi connectivity index (χ3n) is 3.36. The van der Waals surface area contributed by atoms with Gasteiger partial charge in [-0.25, -0.2) is 4.98 Å². The average Bonchev–Trinajstić information content (AvgIpc) is 3.00. The zero-order valence-electron chi connectivity index (χ0n) is 12.3. The summed E-state index contributed by atoms with van der Waals surface area (Å²) < 4.78 is 5.24. The number of hydrogen-bond acceptors (Lipinski definition) is 4. The van der Waals surface area contributed by atoms with E-state index >= 15 is 0 Å². The van der Waals surface area contributed by atoms with Crippen LogP contribution in [-0.2, 0) is 12.8 Å². The highest BCUT2D eigenvalue weighted by Gasteiger charge is 2.21. The Kier molecular flexibility index (Phi) is 5.51. The van der Waals surface area contributed by atoms with E-state index < -0.39 is 0 Å². The molecule has 0 aliphatic heterocycles. The van der Waals surface area contributed by atoms with Crippen LogP contribution in [0.4, 0.5) is 0 Å². The molecule has 0 aliphatic carbocycles. The number of rotatable bonds is 7. The molecular weight excluding hydrogens is 266 g/mol. The number of hydrogen-bond donors (Lipinski definition) is 1. The molecule has 2 aromatic rings. The Hall–Kier alpha value is -2.14. The monoisotopic (exact) mass is 287 g/mol. The third kappa shape index (κ3) is 3.92. The van der Waals surface area contributed by atoms with Crippen LogP contribution in [0.5, 0.6) is 0 Å². The SMILES string of the molecule is CCc1ocnc1C(=O)N(CCN)CCc1ccccc1. The second-order valence-electron chi connectivity index (χ2n) is 4.79. The fourth-order valence-corrected chi connectivity index (χ4v) is 2.22. The molecular formula is C16H21N3O2. The van der Waals surface area contributed by atoms with Crippen LogP contribution in [0, 0.1) is 0 Å². The van der Waals surface area contributed by atoms with Crippen LogP contribution in [-0.4, -0.2) is 35.4 Å². The van der Waals surface area contributed by atoms with Gasteiger partial charge in [-0.2, -0.15) is 0 Å². The van der Waals surface area contributed by atoms with Crippen molar-refractivity contribution < 1.29 is 9.21 Å². The second kappa shape index (κ2) is 7.59. The molecule has 2 rings (SSSR count). The van der Waals surface area contributed by atoms with Gasteiger partial charge in [-0.15, -0.1) is 0 Å². The minimum Gasteiger partial charge on any atom is -0.448 e. The van der Waals surface area contributed by atoms with Gasteiger partial charge in [0, 0.05) is 26.1 Å². The maximum Gasteiger partial charge on any atom is 0.276 e.